The van der Waals surface area contributed by atoms with Crippen LogP contribution in [-0.2, 0) is 19.1 Å². The van der Waals surface area contributed by atoms with Crippen molar-refractivity contribution >= 4 is 29.4 Å². The van der Waals surface area contributed by atoms with Crippen LogP contribution in [0, 0.1) is 0 Å². The number of methoxy groups -OCH3 is 1. The molecule has 0 fully saturated rings. The zero-order chi connectivity index (χ0) is 18.2. The molecule has 2 aromatic rings. The molecule has 0 aliphatic carbocycles. The number of amides is 1. The van der Waals surface area contributed by atoms with Crippen molar-refractivity contribution in [2.24, 2.45) is 0 Å². The Kier molecular flexibility index (Phi) is 6.54. The first-order chi connectivity index (χ1) is 12.0. The number of hydrogen-bond donors (Lipinski definition) is 1. The van der Waals surface area contributed by atoms with Gasteiger partial charge in [0.1, 0.15) is 6.54 Å². The van der Waals surface area contributed by atoms with Crippen molar-refractivity contribution in [3.05, 3.63) is 70.7 Å². The van der Waals surface area contributed by atoms with Crippen LogP contribution in [0.25, 0.3) is 0 Å². The highest BCUT2D eigenvalue weighted by Gasteiger charge is 2.25. The summed E-state index contributed by atoms with van der Waals surface area (Å²) in [5.41, 5.74) is 0.830. The molecule has 25 heavy (non-hydrogen) atoms. The van der Waals surface area contributed by atoms with E-state index >= 15 is 0 Å². The molecule has 6 nitrogen and oxygen atoms in total. The van der Waals surface area contributed by atoms with Gasteiger partial charge in [-0.3, -0.25) is 9.59 Å². The average Bonchev–Trinajstić information content (AvgIpc) is 2.64. The number of ether oxygens (including phenoxy) is 2. The maximum Gasteiger partial charge on any atom is 0.351 e. The lowest BCUT2D eigenvalue weighted by molar-refractivity contribution is -0.166. The predicted molar refractivity (Wildman–Crippen MR) is 91.1 cm³/mol. The maximum atomic E-state index is 12.0. The fourth-order valence-corrected chi connectivity index (χ4v) is 2.14. The standard InChI is InChI=1S/C18H16ClNO5/c1-24-18(23)16(12-5-3-2-4-6-12)25-15(21)11-20-17(22)13-7-9-14(19)10-8-13/h2-10,16H,11H2,1H3,(H,20,22). The summed E-state index contributed by atoms with van der Waals surface area (Å²) in [5, 5.41) is 2.92. The van der Waals surface area contributed by atoms with Crippen molar-refractivity contribution in [1.82, 2.24) is 5.32 Å². The molecule has 1 atom stereocenters. The molecule has 0 bridgehead atoms. The van der Waals surface area contributed by atoms with Crippen molar-refractivity contribution in [3.63, 3.8) is 0 Å². The van der Waals surface area contributed by atoms with E-state index in [1.807, 2.05) is 0 Å². The van der Waals surface area contributed by atoms with Crippen molar-refractivity contribution in [2.45, 2.75) is 6.10 Å². The van der Waals surface area contributed by atoms with Crippen LogP contribution in [-0.4, -0.2) is 31.5 Å². The third-order valence-electron chi connectivity index (χ3n) is 3.27. The molecule has 0 heterocycles. The van der Waals surface area contributed by atoms with Gasteiger partial charge in [-0.15, -0.1) is 0 Å². The first-order valence-electron chi connectivity index (χ1n) is 7.37. The normalized spacial score (nSPS) is 11.3. The Morgan fingerprint density at radius 3 is 2.28 bits per heavy atom. The second kappa shape index (κ2) is 8.84. The van der Waals surface area contributed by atoms with Gasteiger partial charge in [0.25, 0.3) is 5.91 Å². The second-order valence-electron chi connectivity index (χ2n) is 4.99. The Hall–Kier alpha value is -2.86. The van der Waals surface area contributed by atoms with Gasteiger partial charge in [0.15, 0.2) is 0 Å². The van der Waals surface area contributed by atoms with Gasteiger partial charge >= 0.3 is 11.9 Å². The minimum Gasteiger partial charge on any atom is -0.466 e. The number of halogens is 1. The van der Waals surface area contributed by atoms with E-state index in [-0.39, 0.29) is 6.54 Å². The van der Waals surface area contributed by atoms with Gasteiger partial charge in [0.05, 0.1) is 7.11 Å². The zero-order valence-electron chi connectivity index (χ0n) is 13.4. The highest BCUT2D eigenvalue weighted by Crippen LogP contribution is 2.18. The van der Waals surface area contributed by atoms with Crippen LogP contribution in [0.5, 0.6) is 0 Å². The molecule has 7 heteroatoms. The van der Waals surface area contributed by atoms with Crippen molar-refractivity contribution < 1.29 is 23.9 Å². The summed E-state index contributed by atoms with van der Waals surface area (Å²) in [7, 11) is 1.20. The molecule has 0 spiro atoms. The van der Waals surface area contributed by atoms with Crippen LogP contribution in [0.3, 0.4) is 0 Å². The summed E-state index contributed by atoms with van der Waals surface area (Å²) in [6, 6.07) is 14.7. The Labute approximate surface area is 149 Å². The predicted octanol–water partition coefficient (Wildman–Crippen LogP) is 2.53. The monoisotopic (exact) mass is 361 g/mol. The number of nitrogens with one attached hydrogen (secondary N) is 1. The van der Waals surface area contributed by atoms with E-state index in [2.05, 4.69) is 10.1 Å². The highest BCUT2D eigenvalue weighted by molar-refractivity contribution is 6.30. The van der Waals surface area contributed by atoms with Gasteiger partial charge < -0.3 is 14.8 Å². The largest absolute Gasteiger partial charge is 0.466 e. The molecule has 0 aromatic heterocycles. The number of hydrogen-bond acceptors (Lipinski definition) is 5. The Morgan fingerprint density at radius 1 is 1.04 bits per heavy atom. The lowest BCUT2D eigenvalue weighted by atomic mass is 10.1. The molecule has 2 aromatic carbocycles. The lowest BCUT2D eigenvalue weighted by Gasteiger charge is -2.16. The summed E-state index contributed by atoms with van der Waals surface area (Å²) in [6.45, 7) is -0.387. The van der Waals surface area contributed by atoms with E-state index in [0.29, 0.717) is 16.1 Å². The van der Waals surface area contributed by atoms with Gasteiger partial charge in [0.2, 0.25) is 6.10 Å². The number of esters is 2. The van der Waals surface area contributed by atoms with Crippen molar-refractivity contribution in [2.75, 3.05) is 13.7 Å². The van der Waals surface area contributed by atoms with E-state index in [9.17, 15) is 14.4 Å². The van der Waals surface area contributed by atoms with E-state index in [0.717, 1.165) is 0 Å². The van der Waals surface area contributed by atoms with E-state index in [4.69, 9.17) is 16.3 Å². The zero-order valence-corrected chi connectivity index (χ0v) is 14.2. The number of carbonyl (C=O) groups excluding carboxylic acids is 3. The minimum absolute atomic E-state index is 0.352. The van der Waals surface area contributed by atoms with E-state index in [1.54, 1.807) is 42.5 Å². The summed E-state index contributed by atoms with van der Waals surface area (Å²) in [5.74, 6) is -1.92. The molecule has 130 valence electrons. The topological polar surface area (TPSA) is 81.7 Å². The fraction of sp³-hybridized carbons (Fsp3) is 0.167. The van der Waals surface area contributed by atoms with E-state index in [1.165, 1.54) is 19.2 Å². The Bertz CT molecular complexity index is 746. The van der Waals surface area contributed by atoms with Gasteiger partial charge in [-0.05, 0) is 24.3 Å². The highest BCUT2D eigenvalue weighted by atomic mass is 35.5. The van der Waals surface area contributed by atoms with Crippen LogP contribution in [0.15, 0.2) is 54.6 Å². The summed E-state index contributed by atoms with van der Waals surface area (Å²) in [4.78, 5) is 35.8. The number of carbonyl (C=O) groups is 3. The van der Waals surface area contributed by atoms with Gasteiger partial charge in [-0.25, -0.2) is 4.79 Å². The Morgan fingerprint density at radius 2 is 1.68 bits per heavy atom. The first kappa shape index (κ1) is 18.5. The quantitative estimate of drug-likeness (QED) is 0.799. The van der Waals surface area contributed by atoms with Gasteiger partial charge in [0, 0.05) is 16.1 Å². The molecule has 0 radical (unpaired) electrons. The molecular weight excluding hydrogens is 346 g/mol. The fourth-order valence-electron chi connectivity index (χ4n) is 2.02. The van der Waals surface area contributed by atoms with Crippen molar-refractivity contribution in [1.29, 1.82) is 0 Å². The SMILES string of the molecule is COC(=O)C(OC(=O)CNC(=O)c1ccc(Cl)cc1)c1ccccc1. The van der Waals surface area contributed by atoms with Gasteiger partial charge in [-0.1, -0.05) is 41.9 Å². The summed E-state index contributed by atoms with van der Waals surface area (Å²) >= 11 is 5.75. The van der Waals surface area contributed by atoms with Crippen LogP contribution in [0.2, 0.25) is 5.02 Å². The molecule has 1 amide bonds. The van der Waals surface area contributed by atoms with Crippen LogP contribution in [0.1, 0.15) is 22.0 Å². The van der Waals surface area contributed by atoms with E-state index < -0.39 is 23.9 Å². The third-order valence-corrected chi connectivity index (χ3v) is 3.52. The Balaban J connectivity index is 1.96. The molecule has 0 aliphatic heterocycles. The molecule has 1 N–H and O–H groups in total. The first-order valence-corrected chi connectivity index (χ1v) is 7.75. The second-order valence-corrected chi connectivity index (χ2v) is 5.43. The maximum absolute atomic E-state index is 12.0. The average molecular weight is 362 g/mol. The van der Waals surface area contributed by atoms with Crippen molar-refractivity contribution in [3.8, 4) is 0 Å². The van der Waals surface area contributed by atoms with Crippen LogP contribution in [0.4, 0.5) is 0 Å². The molecule has 0 saturated heterocycles. The molecule has 0 aliphatic rings. The third kappa shape index (κ3) is 5.32. The van der Waals surface area contributed by atoms with Crippen LogP contribution < -0.4 is 5.32 Å². The molecule has 2 rings (SSSR count). The van der Waals surface area contributed by atoms with Crippen LogP contribution >= 0.6 is 11.6 Å². The molecule has 0 saturated carbocycles. The smallest absolute Gasteiger partial charge is 0.351 e. The lowest BCUT2D eigenvalue weighted by Crippen LogP contribution is -2.32. The minimum atomic E-state index is -1.19. The van der Waals surface area contributed by atoms with Gasteiger partial charge in [-0.2, -0.15) is 0 Å². The summed E-state index contributed by atoms with van der Waals surface area (Å²) < 4.78 is 9.80. The number of benzene rings is 2. The molecular formula is C18H16ClNO5. The number of rotatable bonds is 6. The molecule has 1 unspecified atom stereocenters. The summed E-state index contributed by atoms with van der Waals surface area (Å²) in [6.07, 6.45) is -1.19.